The number of nitrogens with zero attached hydrogens (tertiary/aromatic N) is 2. The SMILES string of the molecule is CC(OC(c1ccccc1)c1ccc(Cl)cc1)n1ccnc1. The van der Waals surface area contributed by atoms with Gasteiger partial charge < -0.3 is 9.30 Å². The minimum Gasteiger partial charge on any atom is -0.346 e. The first-order chi connectivity index (χ1) is 10.7. The Labute approximate surface area is 135 Å². The van der Waals surface area contributed by atoms with Crippen LogP contribution in [0.2, 0.25) is 5.02 Å². The molecule has 3 nitrogen and oxygen atoms in total. The van der Waals surface area contributed by atoms with Gasteiger partial charge in [-0.25, -0.2) is 4.98 Å². The highest BCUT2D eigenvalue weighted by molar-refractivity contribution is 6.30. The highest BCUT2D eigenvalue weighted by atomic mass is 35.5. The van der Waals surface area contributed by atoms with Gasteiger partial charge in [0, 0.05) is 17.4 Å². The summed E-state index contributed by atoms with van der Waals surface area (Å²) < 4.78 is 8.22. The Hall–Kier alpha value is -2.10. The third-order valence-corrected chi connectivity index (χ3v) is 3.80. The summed E-state index contributed by atoms with van der Waals surface area (Å²) in [6.45, 7) is 2.01. The van der Waals surface area contributed by atoms with Crippen molar-refractivity contribution in [2.45, 2.75) is 19.3 Å². The maximum atomic E-state index is 6.29. The van der Waals surface area contributed by atoms with Crippen LogP contribution < -0.4 is 0 Å². The Kier molecular flexibility index (Phi) is 4.56. The monoisotopic (exact) mass is 312 g/mol. The third kappa shape index (κ3) is 3.38. The first-order valence-corrected chi connectivity index (χ1v) is 7.55. The van der Waals surface area contributed by atoms with Crippen molar-refractivity contribution in [1.29, 1.82) is 0 Å². The van der Waals surface area contributed by atoms with Crippen molar-refractivity contribution in [1.82, 2.24) is 9.55 Å². The number of hydrogen-bond acceptors (Lipinski definition) is 2. The second-order valence-electron chi connectivity index (χ2n) is 5.09. The predicted octanol–water partition coefficient (Wildman–Crippen LogP) is 4.86. The predicted molar refractivity (Wildman–Crippen MR) is 87.8 cm³/mol. The molecule has 3 rings (SSSR count). The van der Waals surface area contributed by atoms with E-state index in [1.807, 2.05) is 60.2 Å². The summed E-state index contributed by atoms with van der Waals surface area (Å²) in [6, 6.07) is 18.0. The molecule has 0 radical (unpaired) electrons. The van der Waals surface area contributed by atoms with E-state index in [2.05, 4.69) is 17.1 Å². The second kappa shape index (κ2) is 6.77. The summed E-state index contributed by atoms with van der Waals surface area (Å²) in [5.41, 5.74) is 2.18. The van der Waals surface area contributed by atoms with Gasteiger partial charge in [-0.05, 0) is 30.2 Å². The largest absolute Gasteiger partial charge is 0.346 e. The van der Waals surface area contributed by atoms with Crippen molar-refractivity contribution in [2.75, 3.05) is 0 Å². The zero-order valence-electron chi connectivity index (χ0n) is 12.3. The molecule has 0 amide bonds. The van der Waals surface area contributed by atoms with Gasteiger partial charge in [-0.2, -0.15) is 0 Å². The van der Waals surface area contributed by atoms with Gasteiger partial charge >= 0.3 is 0 Å². The molecule has 0 saturated carbocycles. The molecule has 0 bridgehead atoms. The van der Waals surface area contributed by atoms with Crippen LogP contribution in [0, 0.1) is 0 Å². The van der Waals surface area contributed by atoms with Crippen LogP contribution in [0.5, 0.6) is 0 Å². The number of imidazole rings is 1. The quantitative estimate of drug-likeness (QED) is 0.672. The van der Waals surface area contributed by atoms with Crippen molar-refractivity contribution in [2.24, 2.45) is 0 Å². The average molecular weight is 313 g/mol. The van der Waals surface area contributed by atoms with Crippen molar-refractivity contribution in [3.63, 3.8) is 0 Å². The van der Waals surface area contributed by atoms with Gasteiger partial charge in [-0.1, -0.05) is 54.1 Å². The molecule has 0 N–H and O–H groups in total. The number of aromatic nitrogens is 2. The zero-order valence-corrected chi connectivity index (χ0v) is 13.0. The van der Waals surface area contributed by atoms with Gasteiger partial charge in [-0.15, -0.1) is 0 Å². The molecule has 2 unspecified atom stereocenters. The van der Waals surface area contributed by atoms with Crippen molar-refractivity contribution < 1.29 is 4.74 Å². The summed E-state index contributed by atoms with van der Waals surface area (Å²) in [4.78, 5) is 4.07. The maximum absolute atomic E-state index is 6.29. The molecular formula is C18H17ClN2O. The molecule has 3 aromatic rings. The first kappa shape index (κ1) is 14.8. The number of rotatable bonds is 5. The second-order valence-corrected chi connectivity index (χ2v) is 5.52. The van der Waals surface area contributed by atoms with E-state index < -0.39 is 0 Å². The summed E-state index contributed by atoms with van der Waals surface area (Å²) in [7, 11) is 0. The summed E-state index contributed by atoms with van der Waals surface area (Å²) >= 11 is 6.00. The zero-order chi connectivity index (χ0) is 15.4. The van der Waals surface area contributed by atoms with Gasteiger partial charge in [0.2, 0.25) is 0 Å². The van der Waals surface area contributed by atoms with Crippen LogP contribution in [-0.4, -0.2) is 9.55 Å². The Balaban J connectivity index is 1.91. The lowest BCUT2D eigenvalue weighted by atomic mass is 10.0. The topological polar surface area (TPSA) is 27.1 Å². The molecule has 1 aromatic heterocycles. The van der Waals surface area contributed by atoms with Crippen LogP contribution >= 0.6 is 11.6 Å². The number of ether oxygens (including phenoxy) is 1. The van der Waals surface area contributed by atoms with E-state index in [0.29, 0.717) is 0 Å². The summed E-state index contributed by atoms with van der Waals surface area (Å²) in [5, 5.41) is 0.721. The fourth-order valence-electron chi connectivity index (χ4n) is 2.37. The molecular weight excluding hydrogens is 296 g/mol. The smallest absolute Gasteiger partial charge is 0.133 e. The summed E-state index contributed by atoms with van der Waals surface area (Å²) in [6.07, 6.45) is 5.13. The molecule has 2 aromatic carbocycles. The molecule has 0 aliphatic heterocycles. The molecule has 2 atom stereocenters. The lowest BCUT2D eigenvalue weighted by Crippen LogP contribution is -2.13. The van der Waals surface area contributed by atoms with E-state index in [1.54, 1.807) is 12.5 Å². The van der Waals surface area contributed by atoms with E-state index in [9.17, 15) is 0 Å². The summed E-state index contributed by atoms with van der Waals surface area (Å²) in [5.74, 6) is 0. The van der Waals surface area contributed by atoms with Gasteiger partial charge in [0.05, 0.1) is 6.33 Å². The van der Waals surface area contributed by atoms with E-state index in [4.69, 9.17) is 16.3 Å². The number of hydrogen-bond donors (Lipinski definition) is 0. The molecule has 4 heteroatoms. The standard InChI is InChI=1S/C18H17ClN2O/c1-14(21-12-11-20-13-21)22-18(15-5-3-2-4-6-15)16-7-9-17(19)10-8-16/h2-14,18H,1H3. The molecule has 22 heavy (non-hydrogen) atoms. The van der Waals surface area contributed by atoms with Crippen molar-refractivity contribution in [3.8, 4) is 0 Å². The Bertz CT molecular complexity index is 696. The van der Waals surface area contributed by atoms with Crippen LogP contribution in [0.3, 0.4) is 0 Å². The lowest BCUT2D eigenvalue weighted by Gasteiger charge is -2.24. The lowest BCUT2D eigenvalue weighted by molar-refractivity contribution is -0.0252. The Morgan fingerprint density at radius 2 is 1.68 bits per heavy atom. The molecule has 0 fully saturated rings. The van der Waals surface area contributed by atoms with Crippen LogP contribution in [-0.2, 0) is 4.74 Å². The molecule has 0 aliphatic rings. The van der Waals surface area contributed by atoms with Crippen LogP contribution in [0.4, 0.5) is 0 Å². The Morgan fingerprint density at radius 1 is 1.00 bits per heavy atom. The van der Waals surface area contributed by atoms with E-state index in [0.717, 1.165) is 16.1 Å². The fourth-order valence-corrected chi connectivity index (χ4v) is 2.49. The van der Waals surface area contributed by atoms with Crippen molar-refractivity contribution in [3.05, 3.63) is 89.5 Å². The van der Waals surface area contributed by atoms with Crippen LogP contribution in [0.1, 0.15) is 30.4 Å². The number of halogens is 1. The third-order valence-electron chi connectivity index (χ3n) is 3.55. The van der Waals surface area contributed by atoms with Crippen molar-refractivity contribution >= 4 is 11.6 Å². The van der Waals surface area contributed by atoms with E-state index in [-0.39, 0.29) is 12.3 Å². The van der Waals surface area contributed by atoms with E-state index in [1.165, 1.54) is 0 Å². The number of benzene rings is 2. The first-order valence-electron chi connectivity index (χ1n) is 7.17. The molecule has 0 saturated heterocycles. The fraction of sp³-hybridized carbons (Fsp3) is 0.167. The molecule has 0 spiro atoms. The van der Waals surface area contributed by atoms with E-state index >= 15 is 0 Å². The molecule has 1 heterocycles. The maximum Gasteiger partial charge on any atom is 0.133 e. The minimum atomic E-state index is -0.157. The minimum absolute atomic E-state index is 0.122. The Morgan fingerprint density at radius 3 is 2.32 bits per heavy atom. The van der Waals surface area contributed by atoms with Gasteiger partial charge in [-0.3, -0.25) is 0 Å². The average Bonchev–Trinajstić information content (AvgIpc) is 3.09. The molecule has 112 valence electrons. The van der Waals surface area contributed by atoms with Gasteiger partial charge in [0.1, 0.15) is 12.3 Å². The van der Waals surface area contributed by atoms with Gasteiger partial charge in [0.15, 0.2) is 0 Å². The normalized spacial score (nSPS) is 13.7. The van der Waals surface area contributed by atoms with Gasteiger partial charge in [0.25, 0.3) is 0 Å². The molecule has 0 aliphatic carbocycles. The van der Waals surface area contributed by atoms with Crippen LogP contribution in [0.15, 0.2) is 73.3 Å². The highest BCUT2D eigenvalue weighted by Gasteiger charge is 2.18. The highest BCUT2D eigenvalue weighted by Crippen LogP contribution is 2.30. The van der Waals surface area contributed by atoms with Crippen LogP contribution in [0.25, 0.3) is 0 Å².